The molecule has 0 fully saturated rings. The molecule has 29 heavy (non-hydrogen) atoms. The number of halogens is 1. The minimum atomic E-state index is -0.137. The molecule has 2 atom stereocenters. The highest BCUT2D eigenvalue weighted by Crippen LogP contribution is 2.22. The largest absolute Gasteiger partial charge is 0.497 e. The summed E-state index contributed by atoms with van der Waals surface area (Å²) in [7, 11) is 1.60. The van der Waals surface area contributed by atoms with Gasteiger partial charge in [-0.05, 0) is 56.3 Å². The molecule has 1 heterocycles. The van der Waals surface area contributed by atoms with E-state index in [1.807, 2.05) is 26.0 Å². The maximum absolute atomic E-state index is 12.5. The summed E-state index contributed by atoms with van der Waals surface area (Å²) in [4.78, 5) is 13.5. The summed E-state index contributed by atoms with van der Waals surface area (Å²) >= 11 is 6.03. The highest BCUT2D eigenvalue weighted by atomic mass is 35.5. The Hall–Kier alpha value is -2.90. The third-order valence-electron chi connectivity index (χ3n) is 4.71. The van der Waals surface area contributed by atoms with Crippen molar-refractivity contribution in [1.29, 1.82) is 0 Å². The number of nitrogens with zero attached hydrogens (tertiary/aromatic N) is 2. The van der Waals surface area contributed by atoms with E-state index in [0.717, 1.165) is 28.4 Å². The van der Waals surface area contributed by atoms with Crippen molar-refractivity contribution in [3.8, 4) is 17.2 Å². The average Bonchev–Trinajstić information content (AvgIpc) is 3.22. The van der Waals surface area contributed by atoms with Crippen molar-refractivity contribution in [2.45, 2.75) is 19.9 Å². The second-order valence-electron chi connectivity index (χ2n) is 6.64. The summed E-state index contributed by atoms with van der Waals surface area (Å²) in [5.74, 6) is 1.54. The molecule has 2 N–H and O–H groups in total. The molecule has 0 saturated heterocycles. The minimum Gasteiger partial charge on any atom is -0.497 e. The van der Waals surface area contributed by atoms with Crippen LogP contribution in [0.15, 0.2) is 52.9 Å². The summed E-state index contributed by atoms with van der Waals surface area (Å²) in [6, 6.07) is 14.3. The van der Waals surface area contributed by atoms with Crippen molar-refractivity contribution in [3.63, 3.8) is 0 Å². The second kappa shape index (κ2) is 9.54. The fourth-order valence-corrected chi connectivity index (χ4v) is 3.18. The van der Waals surface area contributed by atoms with Crippen molar-refractivity contribution in [1.82, 2.24) is 10.2 Å². The predicted molar refractivity (Wildman–Crippen MR) is 111 cm³/mol. The van der Waals surface area contributed by atoms with E-state index in [9.17, 15) is 4.79 Å². The maximum Gasteiger partial charge on any atom is 0.279 e. The van der Waals surface area contributed by atoms with Crippen LogP contribution in [0.4, 0.5) is 5.69 Å². The second-order valence-corrected chi connectivity index (χ2v) is 7.08. The molecular weight excluding hydrogens is 392 g/mol. The molecular formula is C21H24ClN4O3+. The summed E-state index contributed by atoms with van der Waals surface area (Å²) in [6.07, 6.45) is 0. The Morgan fingerprint density at radius 1 is 1.24 bits per heavy atom. The molecule has 1 unspecified atom stereocenters. The number of carbonyl (C=O) groups excluding carboxylic acids is 1. The lowest BCUT2D eigenvalue weighted by molar-refractivity contribution is -0.921. The van der Waals surface area contributed by atoms with Gasteiger partial charge in [-0.25, -0.2) is 0 Å². The van der Waals surface area contributed by atoms with Gasteiger partial charge in [0.15, 0.2) is 12.6 Å². The molecule has 8 heteroatoms. The molecule has 3 rings (SSSR count). The maximum atomic E-state index is 12.5. The van der Waals surface area contributed by atoms with Gasteiger partial charge in [0.05, 0.1) is 13.7 Å². The molecule has 0 spiro atoms. The van der Waals surface area contributed by atoms with Crippen LogP contribution in [0.3, 0.4) is 0 Å². The highest BCUT2D eigenvalue weighted by Gasteiger charge is 2.26. The van der Waals surface area contributed by atoms with Gasteiger partial charge in [0, 0.05) is 16.3 Å². The van der Waals surface area contributed by atoms with Crippen molar-refractivity contribution in [2.75, 3.05) is 25.5 Å². The molecule has 2 aromatic carbocycles. The molecule has 3 aromatic rings. The molecule has 1 aromatic heterocycles. The van der Waals surface area contributed by atoms with Crippen LogP contribution in [0.2, 0.25) is 5.02 Å². The van der Waals surface area contributed by atoms with Gasteiger partial charge in [-0.15, -0.1) is 10.2 Å². The third kappa shape index (κ3) is 5.34. The zero-order chi connectivity index (χ0) is 20.8. The Labute approximate surface area is 174 Å². The number of amides is 1. The number of hydrogen-bond donors (Lipinski definition) is 2. The minimum absolute atomic E-state index is 0.0894. The number of nitrogens with one attached hydrogen (secondary N) is 2. The van der Waals surface area contributed by atoms with Crippen molar-refractivity contribution >= 4 is 23.2 Å². The lowest BCUT2D eigenvalue weighted by Crippen LogP contribution is -3.12. The van der Waals surface area contributed by atoms with Crippen LogP contribution in [0.1, 0.15) is 25.8 Å². The van der Waals surface area contributed by atoms with Gasteiger partial charge in [0.1, 0.15) is 5.75 Å². The van der Waals surface area contributed by atoms with Crippen LogP contribution in [-0.4, -0.2) is 36.3 Å². The van der Waals surface area contributed by atoms with E-state index in [0.29, 0.717) is 16.8 Å². The van der Waals surface area contributed by atoms with Crippen molar-refractivity contribution < 1.29 is 18.8 Å². The van der Waals surface area contributed by atoms with E-state index in [4.69, 9.17) is 20.8 Å². The number of ether oxygens (including phenoxy) is 1. The van der Waals surface area contributed by atoms with E-state index >= 15 is 0 Å². The smallest absolute Gasteiger partial charge is 0.279 e. The first-order valence-corrected chi connectivity index (χ1v) is 9.75. The van der Waals surface area contributed by atoms with Crippen molar-refractivity contribution in [2.24, 2.45) is 0 Å². The molecule has 0 radical (unpaired) electrons. The third-order valence-corrected chi connectivity index (χ3v) is 4.95. The molecule has 0 saturated carbocycles. The number of rotatable bonds is 8. The monoisotopic (exact) mass is 415 g/mol. The Balaban J connectivity index is 1.65. The first-order chi connectivity index (χ1) is 14.0. The molecule has 1 amide bonds. The number of carbonyl (C=O) groups is 1. The molecule has 0 aliphatic heterocycles. The van der Waals surface area contributed by atoms with Gasteiger partial charge in [-0.3, -0.25) is 4.79 Å². The number of aromatic nitrogens is 2. The quantitative estimate of drug-likeness (QED) is 0.591. The van der Waals surface area contributed by atoms with Crippen LogP contribution >= 0.6 is 11.6 Å². The van der Waals surface area contributed by atoms with Crippen LogP contribution in [0.25, 0.3) is 11.5 Å². The number of anilines is 1. The van der Waals surface area contributed by atoms with Gasteiger partial charge in [0.2, 0.25) is 5.89 Å². The summed E-state index contributed by atoms with van der Waals surface area (Å²) < 4.78 is 11.0. The van der Waals surface area contributed by atoms with Gasteiger partial charge in [-0.2, -0.15) is 0 Å². The number of likely N-dealkylation sites (N-methyl/N-ethyl adjacent to an activating group) is 1. The van der Waals surface area contributed by atoms with Gasteiger partial charge in [0.25, 0.3) is 11.8 Å². The van der Waals surface area contributed by atoms with Crippen LogP contribution in [-0.2, 0) is 4.79 Å². The zero-order valence-electron chi connectivity index (χ0n) is 16.6. The SMILES string of the molecule is CC[NH+](CC(=O)Nc1ccc(OC)cc1)[C@H](C)c1nnc(-c2cccc(Cl)c2)o1. The summed E-state index contributed by atoms with van der Waals surface area (Å²) in [6.45, 7) is 4.99. The first-order valence-electron chi connectivity index (χ1n) is 9.38. The average molecular weight is 416 g/mol. The van der Waals surface area contributed by atoms with Crippen LogP contribution in [0, 0.1) is 0 Å². The molecule has 0 aliphatic rings. The van der Waals surface area contributed by atoms with Gasteiger partial charge >= 0.3 is 0 Å². The number of benzene rings is 2. The zero-order valence-corrected chi connectivity index (χ0v) is 17.4. The van der Waals surface area contributed by atoms with Crippen LogP contribution < -0.4 is 15.0 Å². The summed E-state index contributed by atoms with van der Waals surface area (Å²) in [5.41, 5.74) is 1.48. The fraction of sp³-hybridized carbons (Fsp3) is 0.286. The molecule has 0 aliphatic carbocycles. The topological polar surface area (TPSA) is 81.7 Å². The van der Waals surface area contributed by atoms with E-state index in [2.05, 4.69) is 15.5 Å². The fourth-order valence-electron chi connectivity index (χ4n) is 2.99. The molecule has 0 bridgehead atoms. The highest BCUT2D eigenvalue weighted by molar-refractivity contribution is 6.30. The van der Waals surface area contributed by atoms with Crippen LogP contribution in [0.5, 0.6) is 5.75 Å². The Bertz CT molecular complexity index is 959. The lowest BCUT2D eigenvalue weighted by atomic mass is 10.2. The van der Waals surface area contributed by atoms with E-state index in [-0.39, 0.29) is 18.5 Å². The Morgan fingerprint density at radius 2 is 2.00 bits per heavy atom. The van der Waals surface area contributed by atoms with Crippen molar-refractivity contribution in [3.05, 3.63) is 59.4 Å². The molecule has 7 nitrogen and oxygen atoms in total. The first kappa shape index (κ1) is 20.8. The van der Waals surface area contributed by atoms with E-state index < -0.39 is 0 Å². The lowest BCUT2D eigenvalue weighted by Gasteiger charge is -2.21. The summed E-state index contributed by atoms with van der Waals surface area (Å²) in [5, 5.41) is 11.8. The number of quaternary nitrogens is 1. The van der Waals surface area contributed by atoms with Gasteiger partial charge in [-0.1, -0.05) is 17.7 Å². The van der Waals surface area contributed by atoms with E-state index in [1.165, 1.54) is 0 Å². The normalized spacial score (nSPS) is 13.0. The standard InChI is InChI=1S/C21H23ClN4O3/c1-4-26(13-19(27)23-17-8-10-18(28-3)11-9-17)14(2)20-24-25-21(29-20)15-6-5-7-16(22)12-15/h5-12,14H,4,13H2,1-3H3,(H,23,27)/p+1/t14-/m1/s1. The predicted octanol–water partition coefficient (Wildman–Crippen LogP) is 3.00. The number of hydrogen-bond acceptors (Lipinski definition) is 5. The Kier molecular flexibility index (Phi) is 6.85. The number of methoxy groups -OCH3 is 1. The molecule has 152 valence electrons. The van der Waals surface area contributed by atoms with E-state index in [1.54, 1.807) is 43.5 Å². The van der Waals surface area contributed by atoms with Gasteiger partial charge < -0.3 is 19.4 Å². The Morgan fingerprint density at radius 3 is 2.66 bits per heavy atom.